The Balaban J connectivity index is 1.62. The van der Waals surface area contributed by atoms with E-state index in [-0.39, 0.29) is 11.4 Å². The largest absolute Gasteiger partial charge is 0.272 e. The molecule has 4 aromatic rings. The van der Waals surface area contributed by atoms with Gasteiger partial charge in [-0.15, -0.1) is 0 Å². The average molecular weight is 547 g/mol. The van der Waals surface area contributed by atoms with Crippen LogP contribution in [0.25, 0.3) is 12.2 Å². The highest BCUT2D eigenvalue weighted by Gasteiger charge is 2.33. The fraction of sp³-hybridized carbons (Fsp3) is 0.133. The lowest BCUT2D eigenvalue weighted by Gasteiger charge is -2.31. The summed E-state index contributed by atoms with van der Waals surface area (Å²) in [6.45, 7) is 0. The van der Waals surface area contributed by atoms with E-state index in [1.54, 1.807) is 28.8 Å². The molecule has 6 rings (SSSR count). The summed E-state index contributed by atoms with van der Waals surface area (Å²) in [6.07, 6.45) is 6.27. The summed E-state index contributed by atoms with van der Waals surface area (Å²) in [7, 11) is 0. The Hall–Kier alpha value is -3.25. The third-order valence-corrected chi connectivity index (χ3v) is 8.43. The third kappa shape index (κ3) is 4.42. The molecule has 3 aromatic carbocycles. The SMILES string of the molecule is O=c1/c(=C\c2ccccc2F)sc2n1[C@@H](c1ccccc1Cl)C1=C(N=2)/C(=C\c2ccccc2Cl)CCC1. The molecule has 184 valence electrons. The van der Waals surface area contributed by atoms with Crippen LogP contribution in [0.2, 0.25) is 10.0 Å². The van der Waals surface area contributed by atoms with Gasteiger partial charge < -0.3 is 0 Å². The number of halogens is 3. The van der Waals surface area contributed by atoms with Crippen LogP contribution < -0.4 is 14.9 Å². The molecule has 37 heavy (non-hydrogen) atoms. The van der Waals surface area contributed by atoms with Crippen molar-refractivity contribution >= 4 is 46.7 Å². The minimum absolute atomic E-state index is 0.203. The molecule has 0 saturated heterocycles. The highest BCUT2D eigenvalue weighted by Crippen LogP contribution is 2.42. The van der Waals surface area contributed by atoms with E-state index < -0.39 is 6.04 Å². The second-order valence-electron chi connectivity index (χ2n) is 9.04. The van der Waals surface area contributed by atoms with Crippen LogP contribution in [-0.4, -0.2) is 4.57 Å². The van der Waals surface area contributed by atoms with Crippen LogP contribution >= 0.6 is 34.5 Å². The second-order valence-corrected chi connectivity index (χ2v) is 10.9. The van der Waals surface area contributed by atoms with E-state index in [2.05, 4.69) is 6.08 Å². The number of hydrogen-bond donors (Lipinski definition) is 0. The van der Waals surface area contributed by atoms with Gasteiger partial charge in [-0.1, -0.05) is 89.1 Å². The monoisotopic (exact) mass is 546 g/mol. The molecule has 0 saturated carbocycles. The number of benzene rings is 3. The van der Waals surface area contributed by atoms with E-state index in [1.807, 2.05) is 48.5 Å². The van der Waals surface area contributed by atoms with Crippen molar-refractivity contribution in [1.29, 1.82) is 0 Å². The Labute approximate surface area is 227 Å². The Morgan fingerprint density at radius 1 is 0.892 bits per heavy atom. The van der Waals surface area contributed by atoms with Crippen LogP contribution in [0.4, 0.5) is 4.39 Å². The zero-order valence-electron chi connectivity index (χ0n) is 19.6. The number of fused-ring (bicyclic) bond motifs is 1. The van der Waals surface area contributed by atoms with Crippen LogP contribution in [0.5, 0.6) is 0 Å². The van der Waals surface area contributed by atoms with Gasteiger partial charge in [-0.3, -0.25) is 9.36 Å². The third-order valence-electron chi connectivity index (χ3n) is 6.76. The maximum atomic E-state index is 14.4. The van der Waals surface area contributed by atoms with Crippen molar-refractivity contribution in [3.8, 4) is 0 Å². The smallest absolute Gasteiger partial charge is 0.271 e. The van der Waals surface area contributed by atoms with E-state index >= 15 is 0 Å². The number of rotatable bonds is 3. The molecule has 0 spiro atoms. The maximum Gasteiger partial charge on any atom is 0.271 e. The molecule has 0 radical (unpaired) electrons. The summed E-state index contributed by atoms with van der Waals surface area (Å²) in [6, 6.07) is 21.4. The summed E-state index contributed by atoms with van der Waals surface area (Å²) in [5.41, 5.74) is 4.97. The molecule has 1 atom stereocenters. The van der Waals surface area contributed by atoms with Crippen LogP contribution in [0, 0.1) is 5.82 Å². The fourth-order valence-electron chi connectivity index (χ4n) is 5.04. The first-order valence-corrected chi connectivity index (χ1v) is 13.6. The number of nitrogens with zero attached hydrogens (tertiary/aromatic N) is 2. The molecular formula is C30H21Cl2FN2OS. The van der Waals surface area contributed by atoms with Crippen LogP contribution in [-0.2, 0) is 0 Å². The zero-order valence-corrected chi connectivity index (χ0v) is 22.0. The van der Waals surface area contributed by atoms with Gasteiger partial charge in [0.25, 0.3) is 5.56 Å². The quantitative estimate of drug-likeness (QED) is 0.274. The van der Waals surface area contributed by atoms with E-state index in [4.69, 9.17) is 28.2 Å². The number of allylic oxidation sites excluding steroid dienone is 2. The minimum Gasteiger partial charge on any atom is -0.272 e. The Morgan fingerprint density at radius 3 is 2.35 bits per heavy atom. The predicted molar refractivity (Wildman–Crippen MR) is 149 cm³/mol. The normalized spacial score (nSPS) is 18.5. The summed E-state index contributed by atoms with van der Waals surface area (Å²) in [5, 5.41) is 1.27. The van der Waals surface area contributed by atoms with Crippen LogP contribution in [0.1, 0.15) is 42.0 Å². The van der Waals surface area contributed by atoms with E-state index in [1.165, 1.54) is 17.4 Å². The minimum atomic E-state index is -0.391. The van der Waals surface area contributed by atoms with Gasteiger partial charge in [-0.2, -0.15) is 0 Å². The molecule has 1 aliphatic carbocycles. The number of aromatic nitrogens is 1. The van der Waals surface area contributed by atoms with Crippen molar-refractivity contribution in [2.45, 2.75) is 25.3 Å². The maximum absolute atomic E-state index is 14.4. The molecule has 1 aliphatic heterocycles. The van der Waals surface area contributed by atoms with Gasteiger partial charge in [0.05, 0.1) is 16.3 Å². The number of hydrogen-bond acceptors (Lipinski definition) is 3. The highest BCUT2D eigenvalue weighted by atomic mass is 35.5. The second kappa shape index (κ2) is 9.90. The lowest BCUT2D eigenvalue weighted by molar-refractivity contribution is 0.553. The molecule has 0 bridgehead atoms. The Bertz CT molecular complexity index is 1780. The molecule has 0 amide bonds. The van der Waals surface area contributed by atoms with Gasteiger partial charge in [-0.05, 0) is 71.9 Å². The van der Waals surface area contributed by atoms with Crippen molar-refractivity contribution in [3.63, 3.8) is 0 Å². The molecule has 2 aliphatic rings. The Kier molecular flexibility index (Phi) is 6.45. The molecule has 0 N–H and O–H groups in total. The van der Waals surface area contributed by atoms with E-state index in [0.29, 0.717) is 24.9 Å². The van der Waals surface area contributed by atoms with Crippen molar-refractivity contribution in [3.05, 3.63) is 142 Å². The lowest BCUT2D eigenvalue weighted by Crippen LogP contribution is -2.39. The molecule has 0 unspecified atom stereocenters. The van der Waals surface area contributed by atoms with Crippen molar-refractivity contribution in [1.82, 2.24) is 4.57 Å². The molecule has 3 nitrogen and oxygen atoms in total. The zero-order chi connectivity index (χ0) is 25.5. The first kappa shape index (κ1) is 24.1. The van der Waals surface area contributed by atoms with E-state index in [9.17, 15) is 9.18 Å². The standard InChI is InChI=1S/C30H21Cl2FN2OS/c31-23-13-4-1-8-18(23)16-20-10-7-12-22-27(20)34-30-35(28(22)21-11-3-5-14-24(21)32)29(36)26(37-30)17-19-9-2-6-15-25(19)33/h1-6,8-9,11,13-17,28H,7,10,12H2/b20-16-,26-17+/t28-/m0/s1. The van der Waals surface area contributed by atoms with Gasteiger partial charge in [0.2, 0.25) is 0 Å². The topological polar surface area (TPSA) is 34.4 Å². The summed E-state index contributed by atoms with van der Waals surface area (Å²) < 4.78 is 16.6. The van der Waals surface area contributed by atoms with Gasteiger partial charge in [0, 0.05) is 15.6 Å². The average Bonchev–Trinajstić information content (AvgIpc) is 3.21. The fourth-order valence-corrected chi connectivity index (χ4v) is 6.46. The first-order chi connectivity index (χ1) is 18.0. The summed E-state index contributed by atoms with van der Waals surface area (Å²) in [5.74, 6) is -0.375. The lowest BCUT2D eigenvalue weighted by atomic mass is 9.84. The van der Waals surface area contributed by atoms with Crippen molar-refractivity contribution < 1.29 is 4.39 Å². The first-order valence-electron chi connectivity index (χ1n) is 12.0. The van der Waals surface area contributed by atoms with Gasteiger partial charge >= 0.3 is 0 Å². The van der Waals surface area contributed by atoms with Crippen molar-refractivity contribution in [2.75, 3.05) is 0 Å². The molecule has 7 heteroatoms. The van der Waals surface area contributed by atoms with Crippen LogP contribution in [0.3, 0.4) is 0 Å². The van der Waals surface area contributed by atoms with E-state index in [0.717, 1.165) is 47.2 Å². The predicted octanol–water partition coefficient (Wildman–Crippen LogP) is 6.93. The summed E-state index contributed by atoms with van der Waals surface area (Å²) >= 11 is 14.4. The van der Waals surface area contributed by atoms with Gasteiger partial charge in [0.15, 0.2) is 4.80 Å². The summed E-state index contributed by atoms with van der Waals surface area (Å²) in [4.78, 5) is 19.4. The van der Waals surface area contributed by atoms with Crippen LogP contribution in [0.15, 0.2) is 99.4 Å². The van der Waals surface area contributed by atoms with Crippen molar-refractivity contribution in [2.24, 2.45) is 4.99 Å². The van der Waals surface area contributed by atoms with Gasteiger partial charge in [0.1, 0.15) is 5.82 Å². The molecule has 1 aromatic heterocycles. The Morgan fingerprint density at radius 2 is 1.59 bits per heavy atom. The molecule has 0 fully saturated rings. The molecular weight excluding hydrogens is 526 g/mol. The highest BCUT2D eigenvalue weighted by molar-refractivity contribution is 7.07. The van der Waals surface area contributed by atoms with Gasteiger partial charge in [-0.25, -0.2) is 9.38 Å². The number of thiazole rings is 1. The molecule has 2 heterocycles.